The van der Waals surface area contributed by atoms with E-state index in [0.29, 0.717) is 27.1 Å². The molecule has 6 heteroatoms. The maximum atomic E-state index is 13.0. The Hall–Kier alpha value is -2.43. The molecule has 0 radical (unpaired) electrons. The van der Waals surface area contributed by atoms with Gasteiger partial charge in [0.2, 0.25) is 0 Å². The molecule has 0 aromatic heterocycles. The monoisotopic (exact) mass is 388 g/mol. The molecule has 2 N–H and O–H groups in total. The van der Waals surface area contributed by atoms with Crippen LogP contribution in [0.3, 0.4) is 0 Å². The summed E-state index contributed by atoms with van der Waals surface area (Å²) in [4.78, 5) is 13.0. The first-order chi connectivity index (χ1) is 12.5. The molecule has 1 atom stereocenters. The molecule has 2 aromatic rings. The molecule has 1 aliphatic heterocycles. The standard InChI is InChI=1S/C20H18Cl2N2O2/c1-12-19(20(25)24-17-5-3-4-6-18(17)26-2)15(9-10-23-12)14-8-7-13(21)11-16(14)22/h3-11,15,23H,1-2H3,(H,24,25). The molecule has 0 spiro atoms. The van der Waals surface area contributed by atoms with E-state index in [0.717, 1.165) is 11.3 Å². The van der Waals surface area contributed by atoms with Gasteiger partial charge in [0, 0.05) is 27.2 Å². The third-order valence-electron chi connectivity index (χ3n) is 4.20. The third kappa shape index (κ3) is 3.71. The van der Waals surface area contributed by atoms with Crippen molar-refractivity contribution in [3.05, 3.63) is 81.6 Å². The van der Waals surface area contributed by atoms with Crippen molar-refractivity contribution in [3.63, 3.8) is 0 Å². The van der Waals surface area contributed by atoms with Gasteiger partial charge in [0.25, 0.3) is 5.91 Å². The number of rotatable bonds is 4. The van der Waals surface area contributed by atoms with Gasteiger partial charge in [0.05, 0.1) is 12.8 Å². The summed E-state index contributed by atoms with van der Waals surface area (Å²) < 4.78 is 5.31. The molecule has 1 amide bonds. The minimum absolute atomic E-state index is 0.222. The lowest BCUT2D eigenvalue weighted by atomic mass is 9.87. The number of methoxy groups -OCH3 is 1. The van der Waals surface area contributed by atoms with Gasteiger partial charge in [0.1, 0.15) is 5.75 Å². The van der Waals surface area contributed by atoms with E-state index in [1.807, 2.05) is 37.4 Å². The van der Waals surface area contributed by atoms with E-state index in [4.69, 9.17) is 27.9 Å². The minimum Gasteiger partial charge on any atom is -0.495 e. The maximum Gasteiger partial charge on any atom is 0.254 e. The summed E-state index contributed by atoms with van der Waals surface area (Å²) in [6.07, 6.45) is 3.71. The predicted octanol–water partition coefficient (Wildman–Crippen LogP) is 5.12. The van der Waals surface area contributed by atoms with Crippen molar-refractivity contribution in [2.75, 3.05) is 12.4 Å². The number of halogens is 2. The quantitative estimate of drug-likeness (QED) is 0.764. The molecule has 0 fully saturated rings. The van der Waals surface area contributed by atoms with Crippen LogP contribution in [0.1, 0.15) is 18.4 Å². The van der Waals surface area contributed by atoms with Crippen LogP contribution in [0.15, 0.2) is 66.0 Å². The van der Waals surface area contributed by atoms with Crippen LogP contribution in [0.2, 0.25) is 10.0 Å². The Morgan fingerprint density at radius 1 is 1.19 bits per heavy atom. The number of benzene rings is 2. The number of hydrogen-bond acceptors (Lipinski definition) is 3. The molecular formula is C20H18Cl2N2O2. The normalized spacial score (nSPS) is 16.2. The molecule has 4 nitrogen and oxygen atoms in total. The summed E-state index contributed by atoms with van der Waals surface area (Å²) >= 11 is 12.4. The van der Waals surface area contributed by atoms with Crippen LogP contribution >= 0.6 is 23.2 Å². The molecule has 134 valence electrons. The summed E-state index contributed by atoms with van der Waals surface area (Å²) in [6.45, 7) is 1.86. The van der Waals surface area contributed by atoms with Crippen LogP contribution in [0.25, 0.3) is 0 Å². The number of amides is 1. The van der Waals surface area contributed by atoms with Crippen molar-refractivity contribution < 1.29 is 9.53 Å². The van der Waals surface area contributed by atoms with Crippen molar-refractivity contribution in [2.24, 2.45) is 0 Å². The number of anilines is 1. The number of ether oxygens (including phenoxy) is 1. The van der Waals surface area contributed by atoms with E-state index in [9.17, 15) is 4.79 Å². The van der Waals surface area contributed by atoms with Gasteiger partial charge in [-0.15, -0.1) is 0 Å². The van der Waals surface area contributed by atoms with Gasteiger partial charge in [-0.05, 0) is 43.0 Å². The first kappa shape index (κ1) is 18.4. The second kappa shape index (κ2) is 7.85. The summed E-state index contributed by atoms with van der Waals surface area (Å²) in [5.74, 6) is 0.0927. The molecule has 3 rings (SSSR count). The highest BCUT2D eigenvalue weighted by molar-refractivity contribution is 6.35. The van der Waals surface area contributed by atoms with Crippen LogP contribution < -0.4 is 15.4 Å². The lowest BCUT2D eigenvalue weighted by Crippen LogP contribution is -2.26. The fourth-order valence-corrected chi connectivity index (χ4v) is 3.46. The Morgan fingerprint density at radius 2 is 1.96 bits per heavy atom. The Morgan fingerprint density at radius 3 is 2.69 bits per heavy atom. The molecule has 0 aliphatic carbocycles. The maximum absolute atomic E-state index is 13.0. The van der Waals surface area contributed by atoms with Gasteiger partial charge in [0.15, 0.2) is 0 Å². The average molecular weight is 389 g/mol. The summed E-state index contributed by atoms with van der Waals surface area (Å²) in [5.41, 5.74) is 2.77. The largest absolute Gasteiger partial charge is 0.495 e. The van der Waals surface area contributed by atoms with Crippen molar-refractivity contribution in [3.8, 4) is 5.75 Å². The van der Waals surface area contributed by atoms with Gasteiger partial charge in [-0.1, -0.05) is 47.5 Å². The molecule has 1 aliphatic rings. The lowest BCUT2D eigenvalue weighted by molar-refractivity contribution is -0.113. The number of carbonyl (C=O) groups is 1. The molecule has 0 saturated carbocycles. The SMILES string of the molecule is COc1ccccc1NC(=O)C1=C(C)NC=CC1c1ccc(Cl)cc1Cl. The topological polar surface area (TPSA) is 50.4 Å². The number of dihydropyridines is 1. The smallest absolute Gasteiger partial charge is 0.254 e. The first-order valence-corrected chi connectivity index (χ1v) is 8.80. The Labute approximate surface area is 162 Å². The Balaban J connectivity index is 1.96. The lowest BCUT2D eigenvalue weighted by Gasteiger charge is -2.25. The Bertz CT molecular complexity index is 906. The number of allylic oxidation sites excluding steroid dienone is 2. The van der Waals surface area contributed by atoms with Gasteiger partial charge < -0.3 is 15.4 Å². The van der Waals surface area contributed by atoms with E-state index in [1.54, 1.807) is 31.4 Å². The fraction of sp³-hybridized carbons (Fsp3) is 0.150. The molecule has 26 heavy (non-hydrogen) atoms. The van der Waals surface area contributed by atoms with Gasteiger partial charge in [-0.2, -0.15) is 0 Å². The van der Waals surface area contributed by atoms with Crippen LogP contribution in [0.4, 0.5) is 5.69 Å². The average Bonchev–Trinajstić information content (AvgIpc) is 2.62. The van der Waals surface area contributed by atoms with Crippen LogP contribution in [0.5, 0.6) is 5.75 Å². The summed E-state index contributed by atoms with van der Waals surface area (Å²) in [7, 11) is 1.57. The third-order valence-corrected chi connectivity index (χ3v) is 4.76. The molecule has 2 aromatic carbocycles. The summed E-state index contributed by atoms with van der Waals surface area (Å²) in [5, 5.41) is 7.09. The van der Waals surface area contributed by atoms with E-state index < -0.39 is 0 Å². The van der Waals surface area contributed by atoms with Crippen LogP contribution in [-0.2, 0) is 4.79 Å². The zero-order valence-electron chi connectivity index (χ0n) is 14.3. The van der Waals surface area contributed by atoms with Crippen molar-refractivity contribution in [1.82, 2.24) is 5.32 Å². The summed E-state index contributed by atoms with van der Waals surface area (Å²) in [6, 6.07) is 12.6. The second-order valence-corrected chi connectivity index (χ2v) is 6.68. The Kier molecular flexibility index (Phi) is 5.55. The van der Waals surface area contributed by atoms with Crippen molar-refractivity contribution in [1.29, 1.82) is 0 Å². The van der Waals surface area contributed by atoms with Crippen LogP contribution in [-0.4, -0.2) is 13.0 Å². The van der Waals surface area contributed by atoms with E-state index in [2.05, 4.69) is 10.6 Å². The highest BCUT2D eigenvalue weighted by Crippen LogP contribution is 2.36. The van der Waals surface area contributed by atoms with E-state index in [1.165, 1.54) is 0 Å². The molecular weight excluding hydrogens is 371 g/mol. The number of para-hydroxylation sites is 2. The highest BCUT2D eigenvalue weighted by atomic mass is 35.5. The molecule has 0 bridgehead atoms. The number of nitrogens with one attached hydrogen (secondary N) is 2. The molecule has 0 saturated heterocycles. The van der Waals surface area contributed by atoms with Gasteiger partial charge >= 0.3 is 0 Å². The predicted molar refractivity (Wildman–Crippen MR) is 106 cm³/mol. The van der Waals surface area contributed by atoms with Crippen LogP contribution in [0, 0.1) is 0 Å². The van der Waals surface area contributed by atoms with E-state index >= 15 is 0 Å². The van der Waals surface area contributed by atoms with Crippen molar-refractivity contribution >= 4 is 34.8 Å². The van der Waals surface area contributed by atoms with Crippen molar-refractivity contribution in [2.45, 2.75) is 12.8 Å². The fourth-order valence-electron chi connectivity index (χ4n) is 2.94. The van der Waals surface area contributed by atoms with Gasteiger partial charge in [-0.3, -0.25) is 4.79 Å². The molecule has 1 unspecified atom stereocenters. The zero-order valence-corrected chi connectivity index (χ0v) is 15.9. The number of carbonyl (C=O) groups excluding carboxylic acids is 1. The van der Waals surface area contributed by atoms with E-state index in [-0.39, 0.29) is 11.8 Å². The number of hydrogen-bond donors (Lipinski definition) is 2. The molecule has 1 heterocycles. The minimum atomic E-state index is -0.282. The zero-order chi connectivity index (χ0) is 18.7. The first-order valence-electron chi connectivity index (χ1n) is 8.04. The second-order valence-electron chi connectivity index (χ2n) is 5.84. The van der Waals surface area contributed by atoms with Gasteiger partial charge in [-0.25, -0.2) is 0 Å². The highest BCUT2D eigenvalue weighted by Gasteiger charge is 2.27.